The van der Waals surface area contributed by atoms with Crippen molar-refractivity contribution in [2.45, 2.75) is 39.2 Å². The third-order valence-electron chi connectivity index (χ3n) is 3.19. The summed E-state index contributed by atoms with van der Waals surface area (Å²) in [4.78, 5) is 12.1. The summed E-state index contributed by atoms with van der Waals surface area (Å²) < 4.78 is 0. The maximum Gasteiger partial charge on any atom is 0.228 e. The van der Waals surface area contributed by atoms with Crippen LogP contribution in [0.3, 0.4) is 0 Å². The lowest BCUT2D eigenvalue weighted by atomic mass is 9.82. The van der Waals surface area contributed by atoms with Crippen molar-refractivity contribution in [2.75, 3.05) is 13.1 Å². The zero-order valence-corrected chi connectivity index (χ0v) is 9.81. The minimum Gasteiger partial charge on any atom is -0.340 e. The number of hydrogen-bond acceptors (Lipinski definition) is 2. The average Bonchev–Trinajstić information content (AvgIpc) is 2.66. The normalized spacial score (nSPS) is 26.0. The molecule has 1 fully saturated rings. The summed E-state index contributed by atoms with van der Waals surface area (Å²) in [5, 5.41) is 6.16. The Morgan fingerprint density at radius 2 is 2.33 bits per heavy atom. The van der Waals surface area contributed by atoms with Crippen molar-refractivity contribution in [1.29, 1.82) is 0 Å². The van der Waals surface area contributed by atoms with E-state index < -0.39 is 5.54 Å². The van der Waals surface area contributed by atoms with Crippen LogP contribution in [0.15, 0.2) is 0 Å². The Morgan fingerprint density at radius 3 is 2.73 bits per heavy atom. The molecule has 84 valence electrons. The summed E-state index contributed by atoms with van der Waals surface area (Å²) >= 11 is 0. The molecule has 15 heavy (non-hydrogen) atoms. The SMILES string of the molecule is C#CC(C)(C)NC(=O)C1(CC)CCNC1. The highest BCUT2D eigenvalue weighted by Gasteiger charge is 2.40. The Labute approximate surface area is 92.0 Å². The molecule has 0 aromatic carbocycles. The van der Waals surface area contributed by atoms with Crippen molar-refractivity contribution in [1.82, 2.24) is 10.6 Å². The smallest absolute Gasteiger partial charge is 0.228 e. The summed E-state index contributed by atoms with van der Waals surface area (Å²) in [5.41, 5.74) is -0.810. The molecular weight excluding hydrogens is 188 g/mol. The van der Waals surface area contributed by atoms with Crippen LogP contribution in [0, 0.1) is 17.8 Å². The first-order valence-electron chi connectivity index (χ1n) is 5.47. The zero-order chi connectivity index (χ0) is 11.5. The quantitative estimate of drug-likeness (QED) is 0.677. The van der Waals surface area contributed by atoms with Crippen LogP contribution in [0.5, 0.6) is 0 Å². The lowest BCUT2D eigenvalue weighted by Crippen LogP contribution is -2.50. The Balaban J connectivity index is 2.71. The molecule has 0 aliphatic carbocycles. The van der Waals surface area contributed by atoms with Gasteiger partial charge in [-0.25, -0.2) is 0 Å². The van der Waals surface area contributed by atoms with Crippen LogP contribution >= 0.6 is 0 Å². The number of nitrogens with one attached hydrogen (secondary N) is 2. The predicted molar refractivity (Wildman–Crippen MR) is 61.3 cm³/mol. The van der Waals surface area contributed by atoms with Crippen molar-refractivity contribution < 1.29 is 4.79 Å². The van der Waals surface area contributed by atoms with Gasteiger partial charge in [0.05, 0.1) is 11.0 Å². The van der Waals surface area contributed by atoms with E-state index in [0.717, 1.165) is 25.9 Å². The van der Waals surface area contributed by atoms with Gasteiger partial charge in [0, 0.05) is 6.54 Å². The third kappa shape index (κ3) is 2.51. The van der Waals surface area contributed by atoms with Gasteiger partial charge in [0.1, 0.15) is 0 Å². The number of carbonyl (C=O) groups is 1. The first-order chi connectivity index (χ1) is 6.96. The van der Waals surface area contributed by atoms with Gasteiger partial charge in [-0.2, -0.15) is 0 Å². The molecule has 1 amide bonds. The van der Waals surface area contributed by atoms with Gasteiger partial charge in [0.2, 0.25) is 5.91 Å². The number of terminal acetylenes is 1. The van der Waals surface area contributed by atoms with E-state index >= 15 is 0 Å². The van der Waals surface area contributed by atoms with Gasteiger partial charge in [-0.3, -0.25) is 4.79 Å². The third-order valence-corrected chi connectivity index (χ3v) is 3.19. The van der Waals surface area contributed by atoms with Crippen molar-refractivity contribution >= 4 is 5.91 Å². The van der Waals surface area contributed by atoms with E-state index in [1.54, 1.807) is 0 Å². The molecule has 1 unspecified atom stereocenters. The van der Waals surface area contributed by atoms with Crippen LogP contribution in [0.1, 0.15) is 33.6 Å². The summed E-state index contributed by atoms with van der Waals surface area (Å²) in [6.45, 7) is 7.41. The van der Waals surface area contributed by atoms with Crippen molar-refractivity contribution in [3.05, 3.63) is 0 Å². The molecule has 1 heterocycles. The van der Waals surface area contributed by atoms with E-state index in [9.17, 15) is 4.79 Å². The Kier molecular flexibility index (Phi) is 3.41. The van der Waals surface area contributed by atoms with Gasteiger partial charge in [-0.05, 0) is 33.2 Å². The first kappa shape index (κ1) is 12.1. The van der Waals surface area contributed by atoms with E-state index in [2.05, 4.69) is 23.5 Å². The monoisotopic (exact) mass is 208 g/mol. The molecule has 3 nitrogen and oxygen atoms in total. The van der Waals surface area contributed by atoms with Gasteiger partial charge in [0.25, 0.3) is 0 Å². The number of amides is 1. The van der Waals surface area contributed by atoms with Crippen LogP contribution in [0.2, 0.25) is 0 Å². The van der Waals surface area contributed by atoms with E-state index in [0.29, 0.717) is 0 Å². The number of rotatable bonds is 3. The molecule has 1 saturated heterocycles. The number of hydrogen-bond donors (Lipinski definition) is 2. The number of carbonyl (C=O) groups excluding carboxylic acids is 1. The Morgan fingerprint density at radius 1 is 1.67 bits per heavy atom. The maximum atomic E-state index is 12.1. The van der Waals surface area contributed by atoms with Crippen LogP contribution in [0.25, 0.3) is 0 Å². The van der Waals surface area contributed by atoms with Crippen molar-refractivity contribution in [3.8, 4) is 12.3 Å². The second kappa shape index (κ2) is 4.24. The second-order valence-corrected chi connectivity index (χ2v) is 4.78. The Bertz CT molecular complexity index is 282. The van der Waals surface area contributed by atoms with Gasteiger partial charge < -0.3 is 10.6 Å². The average molecular weight is 208 g/mol. The lowest BCUT2D eigenvalue weighted by molar-refractivity contribution is -0.131. The molecular formula is C12H20N2O. The summed E-state index contributed by atoms with van der Waals surface area (Å²) in [5.74, 6) is 2.67. The maximum absolute atomic E-state index is 12.1. The molecule has 0 spiro atoms. The predicted octanol–water partition coefficient (Wildman–Crippen LogP) is 0.904. The van der Waals surface area contributed by atoms with Crippen LogP contribution in [-0.2, 0) is 4.79 Å². The van der Waals surface area contributed by atoms with E-state index in [1.165, 1.54) is 0 Å². The largest absolute Gasteiger partial charge is 0.340 e. The molecule has 0 radical (unpaired) electrons. The fourth-order valence-electron chi connectivity index (χ4n) is 1.85. The molecule has 0 saturated carbocycles. The molecule has 1 rings (SSSR count). The highest BCUT2D eigenvalue weighted by molar-refractivity contribution is 5.84. The summed E-state index contributed by atoms with van der Waals surface area (Å²) in [6.07, 6.45) is 7.11. The second-order valence-electron chi connectivity index (χ2n) is 4.78. The highest BCUT2D eigenvalue weighted by Crippen LogP contribution is 2.30. The van der Waals surface area contributed by atoms with Crippen molar-refractivity contribution in [2.24, 2.45) is 5.41 Å². The first-order valence-corrected chi connectivity index (χ1v) is 5.47. The molecule has 1 aliphatic heterocycles. The molecule has 2 N–H and O–H groups in total. The lowest BCUT2D eigenvalue weighted by Gasteiger charge is -2.30. The summed E-state index contributed by atoms with van der Waals surface area (Å²) in [6, 6.07) is 0. The molecule has 1 atom stereocenters. The van der Waals surface area contributed by atoms with Gasteiger partial charge in [-0.1, -0.05) is 12.8 Å². The minimum atomic E-state index is -0.554. The van der Waals surface area contributed by atoms with E-state index in [-0.39, 0.29) is 11.3 Å². The van der Waals surface area contributed by atoms with Gasteiger partial charge >= 0.3 is 0 Å². The molecule has 0 bridgehead atoms. The molecule has 1 aliphatic rings. The molecule has 0 aromatic heterocycles. The topological polar surface area (TPSA) is 41.1 Å². The summed E-state index contributed by atoms with van der Waals surface area (Å²) in [7, 11) is 0. The van der Waals surface area contributed by atoms with E-state index in [1.807, 2.05) is 13.8 Å². The van der Waals surface area contributed by atoms with Crippen molar-refractivity contribution in [3.63, 3.8) is 0 Å². The van der Waals surface area contributed by atoms with Crippen LogP contribution < -0.4 is 10.6 Å². The highest BCUT2D eigenvalue weighted by atomic mass is 16.2. The zero-order valence-electron chi connectivity index (χ0n) is 9.81. The van der Waals surface area contributed by atoms with E-state index in [4.69, 9.17) is 6.42 Å². The van der Waals surface area contributed by atoms with Crippen LogP contribution in [0.4, 0.5) is 0 Å². The van der Waals surface area contributed by atoms with Gasteiger partial charge in [-0.15, -0.1) is 6.42 Å². The Hall–Kier alpha value is -1.01. The molecule has 0 aromatic rings. The fraction of sp³-hybridized carbons (Fsp3) is 0.750. The fourth-order valence-corrected chi connectivity index (χ4v) is 1.85. The van der Waals surface area contributed by atoms with Gasteiger partial charge in [0.15, 0.2) is 0 Å². The molecule has 3 heteroatoms. The minimum absolute atomic E-state index is 0.0814. The standard InChI is InChI=1S/C12H20N2O/c1-5-11(3,4)14-10(15)12(6-2)7-8-13-9-12/h1,13H,6-9H2,2-4H3,(H,14,15). The van der Waals surface area contributed by atoms with Crippen LogP contribution in [-0.4, -0.2) is 24.5 Å².